The highest BCUT2D eigenvalue weighted by molar-refractivity contribution is 6.09. The maximum Gasteiger partial charge on any atom is 0.346 e. The molecule has 0 amide bonds. The van der Waals surface area contributed by atoms with Crippen LogP contribution in [0.15, 0.2) is 180 Å². The molecule has 0 unspecified atom stereocenters. The lowest BCUT2D eigenvalue weighted by Crippen LogP contribution is -2.69. The van der Waals surface area contributed by atoms with E-state index in [4.69, 9.17) is 24.7 Å². The highest BCUT2D eigenvalue weighted by Crippen LogP contribution is 2.58. The van der Waals surface area contributed by atoms with Gasteiger partial charge in [0.25, 0.3) is 5.90 Å². The molecule has 7 aromatic rings. The van der Waals surface area contributed by atoms with E-state index in [-0.39, 0.29) is 6.04 Å². The summed E-state index contributed by atoms with van der Waals surface area (Å²) in [4.78, 5) is 16.8. The number of fused-ring (bicyclic) bond motifs is 3. The zero-order valence-electron chi connectivity index (χ0n) is 35.5. The molecule has 0 saturated carbocycles. The third-order valence-electron chi connectivity index (χ3n) is 13.2. The van der Waals surface area contributed by atoms with Gasteiger partial charge in [0, 0.05) is 29.3 Å². The first-order valence-corrected chi connectivity index (χ1v) is 21.6. The Morgan fingerprint density at radius 1 is 0.574 bits per heavy atom. The van der Waals surface area contributed by atoms with E-state index in [2.05, 4.69) is 209 Å². The molecule has 6 heteroatoms. The summed E-state index contributed by atoms with van der Waals surface area (Å²) in [6.07, 6.45) is 2.26. The Morgan fingerprint density at radius 3 is 1.85 bits per heavy atom. The van der Waals surface area contributed by atoms with Crippen molar-refractivity contribution in [2.24, 2.45) is 10.3 Å². The minimum atomic E-state index is -1.53. The number of benzene rings is 7. The number of likely N-dealkylation sites (tertiary alicyclic amines) is 1. The van der Waals surface area contributed by atoms with Gasteiger partial charge in [-0.25, -0.2) is 0 Å². The molecule has 1 saturated heterocycles. The number of nitrogens with zero attached hydrogens (tertiary/aromatic N) is 3. The van der Waals surface area contributed by atoms with Gasteiger partial charge in [-0.1, -0.05) is 185 Å². The maximum atomic E-state index is 7.48. The van der Waals surface area contributed by atoms with Crippen molar-refractivity contribution in [1.29, 1.82) is 0 Å². The van der Waals surface area contributed by atoms with Crippen molar-refractivity contribution in [2.75, 3.05) is 13.1 Å². The Bertz CT molecular complexity index is 2820. The normalized spacial score (nSPS) is 22.5. The zero-order chi connectivity index (χ0) is 41.7. The Balaban J connectivity index is 1.23. The quantitative estimate of drug-likeness (QED) is 0.154. The Kier molecular flexibility index (Phi) is 9.84. The van der Waals surface area contributed by atoms with Gasteiger partial charge in [-0.2, -0.15) is 0 Å². The van der Waals surface area contributed by atoms with Gasteiger partial charge in [-0.3, -0.25) is 4.90 Å². The molecular weight excluding hydrogens is 751 g/mol. The molecule has 2 spiro atoms. The molecular formula is C55H51N3O3. The van der Waals surface area contributed by atoms with Crippen LogP contribution in [-0.4, -0.2) is 41.0 Å². The zero-order valence-corrected chi connectivity index (χ0v) is 35.5. The lowest BCUT2D eigenvalue weighted by molar-refractivity contribution is -0.279. The predicted molar refractivity (Wildman–Crippen MR) is 248 cm³/mol. The molecule has 3 heterocycles. The highest BCUT2D eigenvalue weighted by Gasteiger charge is 2.74. The van der Waals surface area contributed by atoms with Crippen molar-refractivity contribution in [3.05, 3.63) is 208 Å². The van der Waals surface area contributed by atoms with Gasteiger partial charge in [0.1, 0.15) is 0 Å². The molecule has 3 aliphatic heterocycles. The largest absolute Gasteiger partial charge is 0.422 e. The molecule has 7 aromatic carbocycles. The summed E-state index contributed by atoms with van der Waals surface area (Å²) in [5.41, 5.74) is 8.14. The van der Waals surface area contributed by atoms with Crippen LogP contribution in [0.1, 0.15) is 97.4 Å². The Morgan fingerprint density at radius 2 is 1.16 bits per heavy atom. The summed E-state index contributed by atoms with van der Waals surface area (Å²) in [5, 5.41) is 14.6. The first kappa shape index (κ1) is 38.7. The van der Waals surface area contributed by atoms with Crippen LogP contribution in [0.25, 0.3) is 27.6 Å². The molecule has 4 atom stereocenters. The minimum Gasteiger partial charge on any atom is -0.422 e. The van der Waals surface area contributed by atoms with E-state index in [9.17, 15) is 0 Å². The fourth-order valence-corrected chi connectivity index (χ4v) is 9.65. The number of oxime groups is 2. The first-order valence-electron chi connectivity index (χ1n) is 21.6. The SMILES string of the molecule is CC(C)c1ccc(C2=NO[C@]3(O2)/C(=C/c2cccc4ccccc24)CN([C@H](C)c2ccccc2)C[C@@]32ON=C(c3ccc(C(C)C)cc3)[C@@H]2c2cccc3ccccc23)cc1. The third-order valence-corrected chi connectivity index (χ3v) is 13.2. The minimum absolute atomic E-state index is 0.00264. The second kappa shape index (κ2) is 15.5. The standard InChI is InChI=1S/C55H51N3O3/c1-36(2)39-25-29-44(30-26-39)52-51(50-24-14-20-43-18-10-12-23-49(43)50)54(60-56-52)35-58(38(5)41-15-7-6-8-16-41)34-47(33-46-21-13-19-42-17-9-11-22-48(42)46)55(54)59-53(57-61-55)45-31-27-40(28-32-45)37(3)4/h6-33,36-38,51H,34-35H2,1-5H3/b47-33+/t38-,51+,54+,55-/m1/s1. The van der Waals surface area contributed by atoms with Crippen molar-refractivity contribution in [3.8, 4) is 0 Å². The molecule has 0 aliphatic carbocycles. The van der Waals surface area contributed by atoms with E-state index in [0.29, 0.717) is 30.8 Å². The average Bonchev–Trinajstić information content (AvgIpc) is 3.92. The van der Waals surface area contributed by atoms with Crippen molar-refractivity contribution < 1.29 is 14.4 Å². The van der Waals surface area contributed by atoms with Crippen molar-refractivity contribution >= 4 is 39.2 Å². The van der Waals surface area contributed by atoms with Crippen LogP contribution >= 0.6 is 0 Å². The topological polar surface area (TPSA) is 55.7 Å². The summed E-state index contributed by atoms with van der Waals surface area (Å²) in [6, 6.07) is 58.1. The van der Waals surface area contributed by atoms with E-state index in [1.54, 1.807) is 0 Å². The number of hydrogen-bond acceptors (Lipinski definition) is 6. The van der Waals surface area contributed by atoms with E-state index in [1.807, 2.05) is 0 Å². The van der Waals surface area contributed by atoms with Gasteiger partial charge in [0.2, 0.25) is 5.60 Å². The van der Waals surface area contributed by atoms with Crippen LogP contribution in [0.3, 0.4) is 0 Å². The molecule has 0 aromatic heterocycles. The van der Waals surface area contributed by atoms with Crippen molar-refractivity contribution in [3.63, 3.8) is 0 Å². The van der Waals surface area contributed by atoms with Crippen molar-refractivity contribution in [2.45, 2.75) is 69.8 Å². The molecule has 3 aliphatic rings. The summed E-state index contributed by atoms with van der Waals surface area (Å²) < 4.78 is 7.48. The molecule has 61 heavy (non-hydrogen) atoms. The number of ether oxygens (including phenoxy) is 1. The molecule has 304 valence electrons. The summed E-state index contributed by atoms with van der Waals surface area (Å²) >= 11 is 0. The third kappa shape index (κ3) is 6.61. The van der Waals surface area contributed by atoms with E-state index in [1.165, 1.54) is 16.7 Å². The van der Waals surface area contributed by atoms with Gasteiger partial charge in [-0.05, 0) is 91.5 Å². The van der Waals surface area contributed by atoms with E-state index >= 15 is 0 Å². The molecule has 0 bridgehead atoms. The van der Waals surface area contributed by atoms with Crippen LogP contribution < -0.4 is 0 Å². The van der Waals surface area contributed by atoms with E-state index in [0.717, 1.165) is 55.1 Å². The van der Waals surface area contributed by atoms with Crippen LogP contribution in [0.5, 0.6) is 0 Å². The highest BCUT2D eigenvalue weighted by atomic mass is 16.8. The van der Waals surface area contributed by atoms with Crippen LogP contribution in [0.2, 0.25) is 0 Å². The number of hydrogen-bond donors (Lipinski definition) is 0. The summed E-state index contributed by atoms with van der Waals surface area (Å²) in [6.45, 7) is 12.1. The van der Waals surface area contributed by atoms with Gasteiger partial charge in [0.15, 0.2) is 0 Å². The summed E-state index contributed by atoms with van der Waals surface area (Å²) in [5.74, 6) is -0.803. The van der Waals surface area contributed by atoms with Crippen LogP contribution in [0.4, 0.5) is 0 Å². The van der Waals surface area contributed by atoms with E-state index < -0.39 is 17.3 Å². The maximum absolute atomic E-state index is 7.48. The van der Waals surface area contributed by atoms with Gasteiger partial charge in [-0.15, -0.1) is 0 Å². The van der Waals surface area contributed by atoms with Gasteiger partial charge < -0.3 is 14.4 Å². The fraction of sp³-hybridized carbons (Fsp3) is 0.236. The number of rotatable bonds is 8. The van der Waals surface area contributed by atoms with Crippen LogP contribution in [-0.2, 0) is 14.4 Å². The first-order chi connectivity index (χ1) is 29.7. The number of piperidine rings is 1. The average molecular weight is 802 g/mol. The smallest absolute Gasteiger partial charge is 0.346 e. The lowest BCUT2D eigenvalue weighted by atomic mass is 9.67. The van der Waals surface area contributed by atoms with Crippen molar-refractivity contribution in [1.82, 2.24) is 4.90 Å². The monoisotopic (exact) mass is 801 g/mol. The summed E-state index contributed by atoms with van der Waals surface area (Å²) in [7, 11) is 0. The lowest BCUT2D eigenvalue weighted by Gasteiger charge is -2.52. The van der Waals surface area contributed by atoms with Gasteiger partial charge in [0.05, 0.1) is 18.2 Å². The van der Waals surface area contributed by atoms with Crippen LogP contribution in [0, 0.1) is 0 Å². The second-order valence-electron chi connectivity index (χ2n) is 17.4. The molecule has 6 nitrogen and oxygen atoms in total. The fourth-order valence-electron chi connectivity index (χ4n) is 9.65. The Hall–Kier alpha value is -6.50. The van der Waals surface area contributed by atoms with Gasteiger partial charge >= 0.3 is 5.79 Å². The molecule has 10 rings (SSSR count). The molecule has 1 fully saturated rings. The molecule has 0 radical (unpaired) electrons. The Labute approximate surface area is 358 Å². The predicted octanol–water partition coefficient (Wildman–Crippen LogP) is 12.8. The molecule has 0 N–H and O–H groups in total. The second-order valence-corrected chi connectivity index (χ2v) is 17.4.